The van der Waals surface area contributed by atoms with Crippen molar-refractivity contribution in [1.82, 2.24) is 30.4 Å². The molecule has 0 unspecified atom stereocenters. The first-order chi connectivity index (χ1) is 13.3. The molecule has 0 aliphatic carbocycles. The van der Waals surface area contributed by atoms with Crippen LogP contribution in [0.5, 0.6) is 5.88 Å². The van der Waals surface area contributed by atoms with E-state index in [0.29, 0.717) is 50.3 Å². The van der Waals surface area contributed by atoms with Gasteiger partial charge in [-0.3, -0.25) is 9.89 Å². The summed E-state index contributed by atoms with van der Waals surface area (Å²) in [5.41, 5.74) is 2.65. The Labute approximate surface area is 170 Å². The first-order valence-electron chi connectivity index (χ1n) is 9.53. The molecule has 1 saturated heterocycles. The number of nitrogens with one attached hydrogen (secondary N) is 2. The molecule has 1 amide bonds. The maximum atomic E-state index is 13.0. The van der Waals surface area contributed by atoms with Gasteiger partial charge in [0.1, 0.15) is 0 Å². The van der Waals surface area contributed by atoms with Gasteiger partial charge >= 0.3 is 0 Å². The van der Waals surface area contributed by atoms with Crippen molar-refractivity contribution in [3.63, 3.8) is 0 Å². The number of aromatic amines is 1. The van der Waals surface area contributed by atoms with Gasteiger partial charge in [-0.1, -0.05) is 0 Å². The fourth-order valence-corrected chi connectivity index (χ4v) is 3.59. The van der Waals surface area contributed by atoms with Crippen molar-refractivity contribution in [2.45, 2.75) is 26.3 Å². The minimum Gasteiger partial charge on any atom is -0.478 e. The van der Waals surface area contributed by atoms with E-state index in [1.165, 1.54) is 0 Å². The number of anilines is 1. The summed E-state index contributed by atoms with van der Waals surface area (Å²) >= 11 is 0. The smallest absolute Gasteiger partial charge is 0.274 e. The summed E-state index contributed by atoms with van der Waals surface area (Å²) in [6.45, 7) is 6.94. The van der Waals surface area contributed by atoms with E-state index in [1.54, 1.807) is 12.3 Å². The monoisotopic (exact) mass is 407 g/mol. The van der Waals surface area contributed by atoms with Gasteiger partial charge in [-0.25, -0.2) is 4.98 Å². The lowest BCUT2D eigenvalue weighted by Crippen LogP contribution is -2.36. The number of rotatable bonds is 4. The van der Waals surface area contributed by atoms with Gasteiger partial charge in [0.15, 0.2) is 5.69 Å². The first-order valence-corrected chi connectivity index (χ1v) is 9.53. The summed E-state index contributed by atoms with van der Waals surface area (Å²) in [4.78, 5) is 25.8. The summed E-state index contributed by atoms with van der Waals surface area (Å²) in [6.07, 6.45) is 3.46. The summed E-state index contributed by atoms with van der Waals surface area (Å²) < 4.78 is 5.47. The molecule has 1 fully saturated rings. The van der Waals surface area contributed by atoms with Crippen LogP contribution in [0.15, 0.2) is 12.3 Å². The van der Waals surface area contributed by atoms with Crippen molar-refractivity contribution in [2.75, 3.05) is 44.2 Å². The lowest BCUT2D eigenvalue weighted by Gasteiger charge is -2.22. The van der Waals surface area contributed by atoms with E-state index in [0.717, 1.165) is 37.2 Å². The molecular weight excluding hydrogens is 382 g/mol. The van der Waals surface area contributed by atoms with E-state index in [-0.39, 0.29) is 18.3 Å². The number of amides is 1. The Morgan fingerprint density at radius 3 is 3.04 bits per heavy atom. The van der Waals surface area contributed by atoms with Crippen LogP contribution in [0.4, 0.5) is 5.95 Å². The number of nitrogens with zero attached hydrogens (tertiary/aromatic N) is 5. The van der Waals surface area contributed by atoms with Gasteiger partial charge < -0.3 is 19.9 Å². The molecule has 4 heterocycles. The van der Waals surface area contributed by atoms with E-state index in [4.69, 9.17) is 4.74 Å². The summed E-state index contributed by atoms with van der Waals surface area (Å²) in [5, 5.41) is 10.6. The highest BCUT2D eigenvalue weighted by Crippen LogP contribution is 2.19. The highest BCUT2D eigenvalue weighted by atomic mass is 35.5. The fourth-order valence-electron chi connectivity index (χ4n) is 3.59. The number of carbonyl (C=O) groups is 1. The van der Waals surface area contributed by atoms with Crippen molar-refractivity contribution in [1.29, 1.82) is 0 Å². The quantitative estimate of drug-likeness (QED) is 0.780. The van der Waals surface area contributed by atoms with Crippen LogP contribution in [-0.4, -0.2) is 70.3 Å². The van der Waals surface area contributed by atoms with Gasteiger partial charge in [-0.05, 0) is 13.3 Å². The van der Waals surface area contributed by atoms with Crippen LogP contribution in [0.25, 0.3) is 0 Å². The van der Waals surface area contributed by atoms with Gasteiger partial charge in [0.25, 0.3) is 5.91 Å². The molecular formula is C18H26ClN7O2. The molecule has 0 spiro atoms. The highest BCUT2D eigenvalue weighted by Gasteiger charge is 2.27. The molecule has 152 valence electrons. The molecule has 9 nitrogen and oxygen atoms in total. The van der Waals surface area contributed by atoms with E-state index in [9.17, 15) is 4.79 Å². The maximum absolute atomic E-state index is 13.0. The fraction of sp³-hybridized carbons (Fsp3) is 0.556. The first kappa shape index (κ1) is 20.3. The van der Waals surface area contributed by atoms with Gasteiger partial charge in [0.05, 0.1) is 6.61 Å². The second-order valence-corrected chi connectivity index (χ2v) is 6.72. The average Bonchev–Trinajstić information content (AvgIpc) is 2.97. The lowest BCUT2D eigenvalue weighted by molar-refractivity contribution is 0.0759. The third-order valence-electron chi connectivity index (χ3n) is 4.98. The van der Waals surface area contributed by atoms with Crippen molar-refractivity contribution in [3.05, 3.63) is 29.2 Å². The molecule has 10 heteroatoms. The number of ether oxygens (including phenoxy) is 1. The minimum absolute atomic E-state index is 0. The Kier molecular flexibility index (Phi) is 6.69. The lowest BCUT2D eigenvalue weighted by atomic mass is 10.1. The molecule has 2 aliphatic rings. The van der Waals surface area contributed by atoms with Gasteiger partial charge in [-0.15, -0.1) is 12.4 Å². The number of carbonyl (C=O) groups excluding carboxylic acids is 1. The van der Waals surface area contributed by atoms with E-state index in [1.807, 2.05) is 11.8 Å². The zero-order chi connectivity index (χ0) is 18.6. The van der Waals surface area contributed by atoms with Crippen LogP contribution in [-0.2, 0) is 13.0 Å². The Morgan fingerprint density at radius 1 is 1.29 bits per heavy atom. The van der Waals surface area contributed by atoms with Gasteiger partial charge in [0, 0.05) is 69.2 Å². The zero-order valence-corrected chi connectivity index (χ0v) is 16.8. The number of hydrogen-bond acceptors (Lipinski definition) is 7. The Hall–Kier alpha value is -2.39. The predicted octanol–water partition coefficient (Wildman–Crippen LogP) is 1.02. The number of H-pyrrole nitrogens is 1. The molecule has 0 bridgehead atoms. The SMILES string of the molecule is CCOc1ccnc(N2CCCN(C(=O)c3n[nH]c4c3CNCC4)CC2)n1.Cl. The third kappa shape index (κ3) is 4.20. The Morgan fingerprint density at radius 2 is 2.18 bits per heavy atom. The molecule has 2 N–H and O–H groups in total. The molecule has 4 rings (SSSR count). The van der Waals surface area contributed by atoms with Crippen molar-refractivity contribution in [2.24, 2.45) is 0 Å². The molecule has 2 aromatic heterocycles. The average molecular weight is 408 g/mol. The number of halogens is 1. The van der Waals surface area contributed by atoms with Gasteiger partial charge in [0.2, 0.25) is 11.8 Å². The minimum atomic E-state index is 0. The van der Waals surface area contributed by atoms with Crippen LogP contribution in [0.1, 0.15) is 35.1 Å². The van der Waals surface area contributed by atoms with Crippen LogP contribution in [0, 0.1) is 0 Å². The Bertz CT molecular complexity index is 813. The molecule has 2 aliphatic heterocycles. The van der Waals surface area contributed by atoms with Crippen LogP contribution in [0.3, 0.4) is 0 Å². The molecule has 0 aromatic carbocycles. The number of aromatic nitrogens is 4. The summed E-state index contributed by atoms with van der Waals surface area (Å²) in [7, 11) is 0. The molecule has 0 radical (unpaired) electrons. The van der Waals surface area contributed by atoms with Crippen LogP contribution < -0.4 is 15.0 Å². The largest absolute Gasteiger partial charge is 0.478 e. The highest BCUT2D eigenvalue weighted by molar-refractivity contribution is 5.94. The second-order valence-electron chi connectivity index (χ2n) is 6.72. The topological polar surface area (TPSA) is 99.3 Å². The van der Waals surface area contributed by atoms with E-state index < -0.39 is 0 Å². The molecule has 2 aromatic rings. The van der Waals surface area contributed by atoms with Crippen molar-refractivity contribution >= 4 is 24.3 Å². The van der Waals surface area contributed by atoms with Crippen molar-refractivity contribution in [3.8, 4) is 5.88 Å². The molecule has 0 saturated carbocycles. The Balaban J connectivity index is 0.00000225. The van der Waals surface area contributed by atoms with Crippen molar-refractivity contribution < 1.29 is 9.53 Å². The summed E-state index contributed by atoms with van der Waals surface area (Å²) in [6, 6.07) is 1.76. The normalized spacial score (nSPS) is 16.8. The van der Waals surface area contributed by atoms with Crippen LogP contribution >= 0.6 is 12.4 Å². The zero-order valence-electron chi connectivity index (χ0n) is 16.0. The van der Waals surface area contributed by atoms with Crippen LogP contribution in [0.2, 0.25) is 0 Å². The second kappa shape index (κ2) is 9.20. The molecule has 0 atom stereocenters. The summed E-state index contributed by atoms with van der Waals surface area (Å²) in [5.74, 6) is 1.23. The third-order valence-corrected chi connectivity index (χ3v) is 4.98. The number of hydrogen-bond donors (Lipinski definition) is 2. The van der Waals surface area contributed by atoms with Gasteiger partial charge in [-0.2, -0.15) is 10.1 Å². The predicted molar refractivity (Wildman–Crippen MR) is 107 cm³/mol. The van der Waals surface area contributed by atoms with E-state index in [2.05, 4.69) is 30.4 Å². The molecule has 28 heavy (non-hydrogen) atoms. The van der Waals surface area contributed by atoms with E-state index >= 15 is 0 Å². The number of fused-ring (bicyclic) bond motifs is 1. The maximum Gasteiger partial charge on any atom is 0.274 e. The standard InChI is InChI=1S/C18H25N7O2.ClH/c1-2-27-15-5-7-20-18(21-15)25-9-3-8-24(10-11-25)17(26)16-13-12-19-6-4-14(13)22-23-16;/h5,7,19H,2-4,6,8-12H2,1H3,(H,22,23);1H.